The average molecular weight is 312 g/mol. The summed E-state index contributed by atoms with van der Waals surface area (Å²) >= 11 is 0. The van der Waals surface area contributed by atoms with Crippen LogP contribution < -0.4 is 10.7 Å². The number of aromatic nitrogens is 2. The number of nitrogens with one attached hydrogen (secondary N) is 3. The maximum absolute atomic E-state index is 12.4. The summed E-state index contributed by atoms with van der Waals surface area (Å²) in [6, 6.07) is 6.15. The van der Waals surface area contributed by atoms with Crippen LogP contribution in [0.1, 0.15) is 34.1 Å². The highest BCUT2D eigenvalue weighted by molar-refractivity contribution is 6.01. The van der Waals surface area contributed by atoms with Gasteiger partial charge in [-0.1, -0.05) is 24.3 Å². The Morgan fingerprint density at radius 1 is 1.52 bits per heavy atom. The van der Waals surface area contributed by atoms with Crippen molar-refractivity contribution in [1.82, 2.24) is 20.5 Å². The van der Waals surface area contributed by atoms with Crippen molar-refractivity contribution in [2.45, 2.75) is 33.4 Å². The summed E-state index contributed by atoms with van der Waals surface area (Å²) in [5, 5.41) is 10.9. The van der Waals surface area contributed by atoms with Crippen LogP contribution in [-0.2, 0) is 19.5 Å². The molecule has 2 aromatic rings. The van der Waals surface area contributed by atoms with Gasteiger partial charge in [-0.05, 0) is 30.5 Å². The van der Waals surface area contributed by atoms with Crippen molar-refractivity contribution >= 4 is 5.91 Å². The van der Waals surface area contributed by atoms with Gasteiger partial charge in [-0.2, -0.15) is 10.6 Å². The van der Waals surface area contributed by atoms with E-state index in [1.807, 2.05) is 10.7 Å². The number of hydrogen-bond acceptors (Lipinski definition) is 5. The van der Waals surface area contributed by atoms with E-state index in [2.05, 4.69) is 47.0 Å². The van der Waals surface area contributed by atoms with Gasteiger partial charge >= 0.3 is 0 Å². The molecule has 120 valence electrons. The van der Waals surface area contributed by atoms with E-state index in [1.165, 1.54) is 11.1 Å². The number of carbonyl (C=O) groups is 1. The number of rotatable bonds is 4. The molecule has 0 saturated carbocycles. The quantitative estimate of drug-likeness (QED) is 0.596. The number of benzene rings is 1. The Kier molecular flexibility index (Phi) is 4.20. The number of fused-ring (bicyclic) bond motifs is 1. The van der Waals surface area contributed by atoms with Crippen LogP contribution in [0.5, 0.6) is 0 Å². The second-order valence-corrected chi connectivity index (χ2v) is 5.62. The fourth-order valence-electron chi connectivity index (χ4n) is 3.04. The van der Waals surface area contributed by atoms with Crippen molar-refractivity contribution in [1.29, 1.82) is 5.53 Å². The Labute approximate surface area is 134 Å². The lowest BCUT2D eigenvalue weighted by molar-refractivity contribution is 0.0949. The van der Waals surface area contributed by atoms with E-state index in [0.29, 0.717) is 17.8 Å². The number of carbonyl (C=O) groups excluding carboxylic acids is 1. The Morgan fingerprint density at radius 2 is 2.35 bits per heavy atom. The van der Waals surface area contributed by atoms with Crippen molar-refractivity contribution in [2.75, 3.05) is 6.54 Å². The second-order valence-electron chi connectivity index (χ2n) is 5.62. The summed E-state index contributed by atoms with van der Waals surface area (Å²) in [5.74, 6) is -0.392. The molecule has 23 heavy (non-hydrogen) atoms. The van der Waals surface area contributed by atoms with Gasteiger partial charge < -0.3 is 5.32 Å². The van der Waals surface area contributed by atoms with Gasteiger partial charge in [0.1, 0.15) is 5.69 Å². The van der Waals surface area contributed by atoms with Crippen LogP contribution in [0.15, 0.2) is 23.4 Å². The maximum Gasteiger partial charge on any atom is 0.276 e. The van der Waals surface area contributed by atoms with Crippen molar-refractivity contribution in [3.8, 4) is 11.3 Å². The van der Waals surface area contributed by atoms with Gasteiger partial charge in [0, 0.05) is 18.7 Å². The van der Waals surface area contributed by atoms with E-state index >= 15 is 0 Å². The molecule has 1 aliphatic rings. The van der Waals surface area contributed by atoms with Crippen molar-refractivity contribution in [3.63, 3.8) is 0 Å². The molecule has 0 saturated heterocycles. The van der Waals surface area contributed by atoms with Gasteiger partial charge in [0.2, 0.25) is 0 Å². The summed E-state index contributed by atoms with van der Waals surface area (Å²) in [4.78, 5) is 12.4. The molecule has 1 aromatic heterocycles. The summed E-state index contributed by atoms with van der Waals surface area (Å²) in [5.41, 5.74) is 14.5. The molecule has 1 amide bonds. The molecule has 3 N–H and O–H groups in total. The highest BCUT2D eigenvalue weighted by Crippen LogP contribution is 2.28. The molecular weight excluding hydrogens is 292 g/mol. The Balaban J connectivity index is 2.14. The lowest BCUT2D eigenvalue weighted by Crippen LogP contribution is -2.30. The fraction of sp³-hybridized carbons (Fsp3) is 0.375. The van der Waals surface area contributed by atoms with Crippen LogP contribution in [0.3, 0.4) is 0 Å². The van der Waals surface area contributed by atoms with Crippen LogP contribution in [0, 0.1) is 12.5 Å². The Morgan fingerprint density at radius 3 is 3.04 bits per heavy atom. The first-order valence-corrected chi connectivity index (χ1v) is 7.72. The van der Waals surface area contributed by atoms with Crippen LogP contribution in [0.4, 0.5) is 0 Å². The van der Waals surface area contributed by atoms with Crippen LogP contribution in [-0.4, -0.2) is 22.2 Å². The zero-order chi connectivity index (χ0) is 16.4. The fourth-order valence-corrected chi connectivity index (χ4v) is 3.04. The van der Waals surface area contributed by atoms with E-state index in [0.717, 1.165) is 30.8 Å². The number of amides is 1. The first-order valence-electron chi connectivity index (χ1n) is 7.72. The van der Waals surface area contributed by atoms with Crippen LogP contribution >= 0.6 is 0 Å². The lowest BCUT2D eigenvalue weighted by atomic mass is 9.99. The SMILES string of the molecule is CCc1ccc(-c2nn3c(c2C(=O)NN=N)CNCC3)cc1C. The minimum absolute atomic E-state index is 0.392. The summed E-state index contributed by atoms with van der Waals surface area (Å²) in [6.07, 6.45) is 0.973. The number of nitrogens with zero attached hydrogens (tertiary/aromatic N) is 3. The van der Waals surface area contributed by atoms with Crippen LogP contribution in [0.25, 0.3) is 11.3 Å². The predicted molar refractivity (Wildman–Crippen MR) is 86.1 cm³/mol. The molecule has 0 fully saturated rings. The molecule has 7 nitrogen and oxygen atoms in total. The zero-order valence-corrected chi connectivity index (χ0v) is 13.3. The molecule has 0 atom stereocenters. The van der Waals surface area contributed by atoms with Crippen molar-refractivity contribution in [2.24, 2.45) is 5.22 Å². The van der Waals surface area contributed by atoms with E-state index in [1.54, 1.807) is 0 Å². The minimum Gasteiger partial charge on any atom is -0.309 e. The first kappa shape index (κ1) is 15.4. The lowest BCUT2D eigenvalue weighted by Gasteiger charge is -2.15. The summed E-state index contributed by atoms with van der Waals surface area (Å²) in [7, 11) is 0. The average Bonchev–Trinajstić information content (AvgIpc) is 2.94. The Bertz CT molecular complexity index is 764. The highest BCUT2D eigenvalue weighted by Gasteiger charge is 2.26. The molecule has 0 aliphatic carbocycles. The van der Waals surface area contributed by atoms with Gasteiger partial charge in [0.15, 0.2) is 0 Å². The third kappa shape index (κ3) is 2.75. The molecule has 0 radical (unpaired) electrons. The van der Waals surface area contributed by atoms with Crippen molar-refractivity contribution < 1.29 is 4.79 Å². The van der Waals surface area contributed by atoms with Gasteiger partial charge in [-0.15, -0.1) is 0 Å². The molecule has 0 unspecified atom stereocenters. The predicted octanol–water partition coefficient (Wildman–Crippen LogP) is 2.20. The Hall–Kier alpha value is -2.54. The topological polar surface area (TPSA) is 95.2 Å². The normalized spacial score (nSPS) is 13.5. The van der Waals surface area contributed by atoms with Crippen LogP contribution in [0.2, 0.25) is 0 Å². The smallest absolute Gasteiger partial charge is 0.276 e. The third-order valence-electron chi connectivity index (χ3n) is 4.23. The van der Waals surface area contributed by atoms with Gasteiger partial charge in [0.25, 0.3) is 5.91 Å². The zero-order valence-electron chi connectivity index (χ0n) is 13.3. The molecule has 7 heteroatoms. The number of aryl methyl sites for hydroxylation is 2. The van der Waals surface area contributed by atoms with Crippen molar-refractivity contribution in [3.05, 3.63) is 40.6 Å². The molecule has 0 spiro atoms. The highest BCUT2D eigenvalue weighted by atomic mass is 16.2. The summed E-state index contributed by atoms with van der Waals surface area (Å²) in [6.45, 7) is 6.32. The second kappa shape index (κ2) is 6.29. The standard InChI is InChI=1S/C16H20N6O/c1-3-11-4-5-12(8-10(11)2)15-14(16(23)19-21-17)13-9-18-6-7-22(13)20-15/h4-5,8,18H,3,6-7,9H2,1-2H3,(H2,17,19,23). The van der Waals surface area contributed by atoms with E-state index in [4.69, 9.17) is 5.53 Å². The molecule has 1 aromatic carbocycles. The van der Waals surface area contributed by atoms with Gasteiger partial charge in [-0.3, -0.25) is 9.48 Å². The first-order chi connectivity index (χ1) is 11.2. The van der Waals surface area contributed by atoms with E-state index in [-0.39, 0.29) is 0 Å². The summed E-state index contributed by atoms with van der Waals surface area (Å²) < 4.78 is 1.87. The molecular formula is C16H20N6O. The monoisotopic (exact) mass is 312 g/mol. The molecule has 2 heterocycles. The largest absolute Gasteiger partial charge is 0.309 e. The molecule has 0 bridgehead atoms. The van der Waals surface area contributed by atoms with Gasteiger partial charge in [0.05, 0.1) is 17.8 Å². The third-order valence-corrected chi connectivity index (χ3v) is 4.23. The molecule has 1 aliphatic heterocycles. The number of hydrogen-bond donors (Lipinski definition) is 3. The van der Waals surface area contributed by atoms with E-state index in [9.17, 15) is 4.79 Å². The van der Waals surface area contributed by atoms with E-state index < -0.39 is 5.91 Å². The molecule has 3 rings (SSSR count). The minimum atomic E-state index is -0.392. The van der Waals surface area contributed by atoms with Gasteiger partial charge in [-0.25, -0.2) is 5.43 Å². The maximum atomic E-state index is 12.4.